The number of nitrogens with zero attached hydrogens (tertiary/aromatic N) is 1. The van der Waals surface area contributed by atoms with E-state index in [0.29, 0.717) is 11.9 Å². The quantitative estimate of drug-likeness (QED) is 0.669. The molecule has 0 fully saturated rings. The Kier molecular flexibility index (Phi) is 5.35. The summed E-state index contributed by atoms with van der Waals surface area (Å²) < 4.78 is 14.1. The normalized spacial score (nSPS) is 12.4. The molecular weight excluding hydrogens is 347 g/mol. The number of carbonyl (C=O) groups is 2. The average molecular weight is 366 g/mol. The average Bonchev–Trinajstić information content (AvgIpc) is 3.00. The predicted octanol–water partition coefficient (Wildman–Crippen LogP) is 4.07. The zero-order chi connectivity index (χ0) is 19.4. The van der Waals surface area contributed by atoms with Gasteiger partial charge in [0.1, 0.15) is 5.82 Å². The van der Waals surface area contributed by atoms with E-state index in [0.717, 1.165) is 16.5 Å². The lowest BCUT2D eigenvalue weighted by atomic mass is 10.1. The van der Waals surface area contributed by atoms with Gasteiger partial charge in [-0.1, -0.05) is 30.3 Å². The van der Waals surface area contributed by atoms with Gasteiger partial charge in [0.2, 0.25) is 5.91 Å². The second kappa shape index (κ2) is 7.86. The minimum atomic E-state index is -1.05. The summed E-state index contributed by atoms with van der Waals surface area (Å²) in [6.07, 6.45) is 4.04. The first-order valence-corrected chi connectivity index (χ1v) is 8.50. The Balaban J connectivity index is 1.68. The van der Waals surface area contributed by atoms with E-state index in [2.05, 4.69) is 5.32 Å². The van der Waals surface area contributed by atoms with Gasteiger partial charge in [0, 0.05) is 23.7 Å². The number of hydrogen-bond donors (Lipinski definition) is 2. The van der Waals surface area contributed by atoms with Crippen LogP contribution in [-0.4, -0.2) is 27.7 Å². The molecule has 0 radical (unpaired) electrons. The molecule has 0 unspecified atom stereocenters. The molecule has 0 saturated carbocycles. The summed E-state index contributed by atoms with van der Waals surface area (Å²) in [4.78, 5) is 23.5. The molecule has 1 amide bonds. The van der Waals surface area contributed by atoms with Crippen LogP contribution in [-0.2, 0) is 11.2 Å². The van der Waals surface area contributed by atoms with Crippen molar-refractivity contribution in [2.45, 2.75) is 19.4 Å². The minimum Gasteiger partial charge on any atom is -0.464 e. The third-order valence-electron chi connectivity index (χ3n) is 4.21. The molecule has 6 heteroatoms. The van der Waals surface area contributed by atoms with Crippen LogP contribution in [0, 0.1) is 5.82 Å². The van der Waals surface area contributed by atoms with E-state index in [1.807, 2.05) is 19.1 Å². The highest BCUT2D eigenvalue weighted by atomic mass is 19.1. The summed E-state index contributed by atoms with van der Waals surface area (Å²) >= 11 is 0. The lowest BCUT2D eigenvalue weighted by Crippen LogP contribution is -2.32. The molecule has 0 bridgehead atoms. The molecule has 2 N–H and O–H groups in total. The van der Waals surface area contributed by atoms with Crippen LogP contribution in [0.5, 0.6) is 0 Å². The largest absolute Gasteiger partial charge is 0.464 e. The highest BCUT2D eigenvalue weighted by Gasteiger charge is 2.15. The Labute approximate surface area is 155 Å². The number of rotatable bonds is 5. The van der Waals surface area contributed by atoms with Crippen molar-refractivity contribution in [3.05, 3.63) is 77.7 Å². The standard InChI is InChI=1S/C21H19FN2O3/c1-14(23-20(25)11-8-15-6-9-17(22)10-7-15)12-16-13-24(21(26)27)19-5-3-2-4-18(16)19/h2-11,13-14H,12H2,1H3,(H,23,25)(H,26,27)/t14-/m1/s1. The Morgan fingerprint density at radius 1 is 1.19 bits per heavy atom. The fraction of sp³-hybridized carbons (Fsp3) is 0.143. The smallest absolute Gasteiger partial charge is 0.416 e. The van der Waals surface area contributed by atoms with E-state index in [9.17, 15) is 19.1 Å². The second-order valence-electron chi connectivity index (χ2n) is 6.32. The van der Waals surface area contributed by atoms with Crippen LogP contribution in [0.25, 0.3) is 17.0 Å². The molecule has 3 rings (SSSR count). The third-order valence-corrected chi connectivity index (χ3v) is 4.21. The molecule has 138 valence electrons. The lowest BCUT2D eigenvalue weighted by Gasteiger charge is -2.11. The van der Waals surface area contributed by atoms with Crippen molar-refractivity contribution in [2.24, 2.45) is 0 Å². The van der Waals surface area contributed by atoms with Crippen molar-refractivity contribution in [1.82, 2.24) is 9.88 Å². The monoisotopic (exact) mass is 366 g/mol. The summed E-state index contributed by atoms with van der Waals surface area (Å²) in [7, 11) is 0. The predicted molar refractivity (Wildman–Crippen MR) is 102 cm³/mol. The van der Waals surface area contributed by atoms with Crippen LogP contribution in [0.1, 0.15) is 18.1 Å². The molecule has 0 saturated heterocycles. The van der Waals surface area contributed by atoms with E-state index in [4.69, 9.17) is 0 Å². The number of benzene rings is 2. The van der Waals surface area contributed by atoms with Crippen molar-refractivity contribution in [3.63, 3.8) is 0 Å². The molecule has 0 spiro atoms. The minimum absolute atomic E-state index is 0.191. The Bertz CT molecular complexity index is 1010. The Morgan fingerprint density at radius 3 is 2.59 bits per heavy atom. The van der Waals surface area contributed by atoms with E-state index in [1.54, 1.807) is 36.5 Å². The molecule has 27 heavy (non-hydrogen) atoms. The fourth-order valence-electron chi connectivity index (χ4n) is 2.99. The molecule has 1 heterocycles. The molecule has 1 aromatic heterocycles. The van der Waals surface area contributed by atoms with Gasteiger partial charge in [0.15, 0.2) is 0 Å². The molecule has 0 aliphatic rings. The summed E-state index contributed by atoms with van der Waals surface area (Å²) in [5.41, 5.74) is 2.20. The SMILES string of the molecule is C[C@H](Cc1cn(C(=O)O)c2ccccc12)NC(=O)C=Cc1ccc(F)cc1. The van der Waals surface area contributed by atoms with Gasteiger partial charge in [0.05, 0.1) is 5.52 Å². The van der Waals surface area contributed by atoms with E-state index in [1.165, 1.54) is 22.8 Å². The fourth-order valence-corrected chi connectivity index (χ4v) is 2.99. The third kappa shape index (κ3) is 4.41. The van der Waals surface area contributed by atoms with Crippen molar-refractivity contribution in [3.8, 4) is 0 Å². The molecule has 1 atom stereocenters. The maximum Gasteiger partial charge on any atom is 0.416 e. The highest BCUT2D eigenvalue weighted by Crippen LogP contribution is 2.22. The van der Waals surface area contributed by atoms with E-state index < -0.39 is 6.09 Å². The molecular formula is C21H19FN2O3. The van der Waals surface area contributed by atoms with Crippen LogP contribution < -0.4 is 5.32 Å². The number of nitrogens with one attached hydrogen (secondary N) is 1. The first kappa shape index (κ1) is 18.4. The molecule has 3 aromatic rings. The van der Waals surface area contributed by atoms with Gasteiger partial charge < -0.3 is 10.4 Å². The van der Waals surface area contributed by atoms with E-state index >= 15 is 0 Å². The Morgan fingerprint density at radius 2 is 1.89 bits per heavy atom. The zero-order valence-electron chi connectivity index (χ0n) is 14.7. The van der Waals surface area contributed by atoms with Crippen LogP contribution >= 0.6 is 0 Å². The molecule has 0 aliphatic heterocycles. The van der Waals surface area contributed by atoms with Gasteiger partial charge in [-0.2, -0.15) is 0 Å². The summed E-state index contributed by atoms with van der Waals surface area (Å²) in [6.45, 7) is 1.86. The van der Waals surface area contributed by atoms with Gasteiger partial charge in [0.25, 0.3) is 0 Å². The summed E-state index contributed by atoms with van der Waals surface area (Å²) in [5.74, 6) is -0.598. The number of aromatic nitrogens is 1. The maximum atomic E-state index is 12.9. The van der Waals surface area contributed by atoms with Crippen molar-refractivity contribution in [2.75, 3.05) is 0 Å². The van der Waals surface area contributed by atoms with Gasteiger partial charge in [-0.15, -0.1) is 0 Å². The van der Waals surface area contributed by atoms with Crippen LogP contribution in [0.15, 0.2) is 60.8 Å². The maximum absolute atomic E-state index is 12.9. The second-order valence-corrected chi connectivity index (χ2v) is 6.32. The number of halogens is 1. The zero-order valence-corrected chi connectivity index (χ0v) is 14.7. The van der Waals surface area contributed by atoms with Crippen LogP contribution in [0.2, 0.25) is 0 Å². The van der Waals surface area contributed by atoms with Crippen LogP contribution in [0.3, 0.4) is 0 Å². The van der Waals surface area contributed by atoms with Crippen molar-refractivity contribution >= 4 is 29.0 Å². The lowest BCUT2D eigenvalue weighted by molar-refractivity contribution is -0.117. The first-order chi connectivity index (χ1) is 12.9. The molecule has 2 aromatic carbocycles. The number of hydrogen-bond acceptors (Lipinski definition) is 2. The Hall–Kier alpha value is -3.41. The summed E-state index contributed by atoms with van der Waals surface area (Å²) in [6, 6.07) is 12.9. The van der Waals surface area contributed by atoms with Gasteiger partial charge in [-0.3, -0.25) is 9.36 Å². The number of carbonyl (C=O) groups excluding carboxylic acids is 1. The van der Waals surface area contributed by atoms with Crippen molar-refractivity contribution in [1.29, 1.82) is 0 Å². The van der Waals surface area contributed by atoms with Gasteiger partial charge >= 0.3 is 6.09 Å². The topological polar surface area (TPSA) is 71.3 Å². The summed E-state index contributed by atoms with van der Waals surface area (Å²) in [5, 5.41) is 13.0. The molecule has 0 aliphatic carbocycles. The van der Waals surface area contributed by atoms with Gasteiger partial charge in [-0.25, -0.2) is 9.18 Å². The first-order valence-electron chi connectivity index (χ1n) is 8.50. The highest BCUT2D eigenvalue weighted by molar-refractivity contribution is 5.93. The molecule has 5 nitrogen and oxygen atoms in total. The van der Waals surface area contributed by atoms with Crippen molar-refractivity contribution < 1.29 is 19.1 Å². The van der Waals surface area contributed by atoms with E-state index in [-0.39, 0.29) is 17.8 Å². The number of para-hydroxylation sites is 1. The number of amides is 1. The van der Waals surface area contributed by atoms with Gasteiger partial charge in [-0.05, 0) is 48.7 Å². The number of carboxylic acid groups (broad SMARTS) is 1. The van der Waals surface area contributed by atoms with Crippen LogP contribution in [0.4, 0.5) is 9.18 Å². The number of fused-ring (bicyclic) bond motifs is 1.